The van der Waals surface area contributed by atoms with Gasteiger partial charge in [0.05, 0.1) is 6.42 Å². The van der Waals surface area contributed by atoms with Crippen LogP contribution in [0.2, 0.25) is 0 Å². The van der Waals surface area contributed by atoms with E-state index in [1.807, 2.05) is 30.0 Å². The first-order valence-electron chi connectivity index (χ1n) is 6.26. The highest BCUT2D eigenvalue weighted by Gasteiger charge is 2.27. The van der Waals surface area contributed by atoms with Crippen LogP contribution in [0.4, 0.5) is 0 Å². The van der Waals surface area contributed by atoms with Crippen molar-refractivity contribution in [1.82, 2.24) is 4.90 Å². The van der Waals surface area contributed by atoms with Gasteiger partial charge in [-0.2, -0.15) is 0 Å². The summed E-state index contributed by atoms with van der Waals surface area (Å²) in [7, 11) is 0. The Morgan fingerprint density at radius 1 is 1.53 bits per heavy atom. The van der Waals surface area contributed by atoms with Crippen molar-refractivity contribution < 1.29 is 4.79 Å². The van der Waals surface area contributed by atoms with Gasteiger partial charge >= 0.3 is 0 Å². The van der Waals surface area contributed by atoms with Gasteiger partial charge in [-0.3, -0.25) is 4.79 Å². The second kappa shape index (κ2) is 5.32. The number of aryl methyl sites for hydroxylation is 1. The minimum absolute atomic E-state index is 0.212. The van der Waals surface area contributed by atoms with E-state index in [0.717, 1.165) is 24.9 Å². The van der Waals surface area contributed by atoms with Gasteiger partial charge in [-0.1, -0.05) is 29.8 Å². The summed E-state index contributed by atoms with van der Waals surface area (Å²) in [4.78, 5) is 14.1. The Morgan fingerprint density at radius 3 is 3.06 bits per heavy atom. The van der Waals surface area contributed by atoms with E-state index in [9.17, 15) is 4.79 Å². The van der Waals surface area contributed by atoms with Crippen LogP contribution in [0.3, 0.4) is 0 Å². The predicted octanol–water partition coefficient (Wildman–Crippen LogP) is 1.49. The van der Waals surface area contributed by atoms with Gasteiger partial charge in [-0.05, 0) is 25.3 Å². The van der Waals surface area contributed by atoms with Crippen molar-refractivity contribution in [3.63, 3.8) is 0 Å². The van der Waals surface area contributed by atoms with E-state index < -0.39 is 0 Å². The molecule has 1 atom stereocenters. The fourth-order valence-electron chi connectivity index (χ4n) is 2.51. The zero-order valence-electron chi connectivity index (χ0n) is 10.4. The molecule has 1 fully saturated rings. The summed E-state index contributed by atoms with van der Waals surface area (Å²) in [5.74, 6) is 0.212. The summed E-state index contributed by atoms with van der Waals surface area (Å²) in [6.45, 7) is 3.50. The normalized spacial score (nSPS) is 19.6. The van der Waals surface area contributed by atoms with Gasteiger partial charge in [0, 0.05) is 19.1 Å². The van der Waals surface area contributed by atoms with E-state index in [1.54, 1.807) is 0 Å². The Balaban J connectivity index is 2.01. The molecule has 3 heteroatoms. The molecule has 1 heterocycles. The summed E-state index contributed by atoms with van der Waals surface area (Å²) in [5, 5.41) is 0. The molecule has 1 aliphatic heterocycles. The molecule has 1 aromatic carbocycles. The second-order valence-electron chi connectivity index (χ2n) is 4.78. The Bertz CT molecular complexity index is 403. The zero-order chi connectivity index (χ0) is 12.3. The average molecular weight is 232 g/mol. The van der Waals surface area contributed by atoms with Crippen molar-refractivity contribution in [3.8, 4) is 0 Å². The molecule has 0 aromatic heterocycles. The van der Waals surface area contributed by atoms with Crippen molar-refractivity contribution in [2.45, 2.75) is 32.2 Å². The molecule has 3 nitrogen and oxygen atoms in total. The van der Waals surface area contributed by atoms with Gasteiger partial charge in [0.2, 0.25) is 5.91 Å². The van der Waals surface area contributed by atoms with Crippen LogP contribution in [0.15, 0.2) is 24.3 Å². The van der Waals surface area contributed by atoms with E-state index >= 15 is 0 Å². The van der Waals surface area contributed by atoms with Crippen LogP contribution in [0.1, 0.15) is 24.0 Å². The molecule has 0 unspecified atom stereocenters. The lowest BCUT2D eigenvalue weighted by molar-refractivity contribution is -0.131. The summed E-state index contributed by atoms with van der Waals surface area (Å²) in [5.41, 5.74) is 7.98. The number of rotatable bonds is 3. The van der Waals surface area contributed by atoms with Crippen LogP contribution in [-0.2, 0) is 11.2 Å². The topological polar surface area (TPSA) is 46.3 Å². The maximum Gasteiger partial charge on any atom is 0.227 e. The number of hydrogen-bond acceptors (Lipinski definition) is 2. The standard InChI is InChI=1S/C14H20N2O/c1-11-4-2-5-12(8-11)9-14(17)16-7-3-6-13(16)10-15/h2,4-5,8,13H,3,6-7,9-10,15H2,1H3/t13-/m1/s1. The maximum absolute atomic E-state index is 12.2. The molecule has 2 N–H and O–H groups in total. The molecule has 0 radical (unpaired) electrons. The third-order valence-corrected chi connectivity index (χ3v) is 3.41. The van der Waals surface area contributed by atoms with Gasteiger partial charge in [0.25, 0.3) is 0 Å². The van der Waals surface area contributed by atoms with E-state index in [2.05, 4.69) is 6.07 Å². The van der Waals surface area contributed by atoms with Crippen LogP contribution < -0.4 is 5.73 Å². The van der Waals surface area contributed by atoms with Gasteiger partial charge in [0.15, 0.2) is 0 Å². The summed E-state index contributed by atoms with van der Waals surface area (Å²) >= 11 is 0. The molecule has 1 aliphatic rings. The second-order valence-corrected chi connectivity index (χ2v) is 4.78. The van der Waals surface area contributed by atoms with Gasteiger partial charge in [-0.15, -0.1) is 0 Å². The summed E-state index contributed by atoms with van der Waals surface area (Å²) in [6, 6.07) is 8.39. The molecule has 2 rings (SSSR count). The molecule has 17 heavy (non-hydrogen) atoms. The van der Waals surface area contributed by atoms with Crippen LogP contribution in [0.5, 0.6) is 0 Å². The van der Waals surface area contributed by atoms with Crippen molar-refractivity contribution >= 4 is 5.91 Å². The Kier molecular flexibility index (Phi) is 3.79. The minimum atomic E-state index is 0.212. The average Bonchev–Trinajstić information content (AvgIpc) is 2.77. The molecule has 0 aliphatic carbocycles. The lowest BCUT2D eigenvalue weighted by atomic mass is 10.1. The summed E-state index contributed by atoms with van der Waals surface area (Å²) in [6.07, 6.45) is 2.63. The Hall–Kier alpha value is -1.35. The fourth-order valence-corrected chi connectivity index (χ4v) is 2.51. The molecule has 0 saturated carbocycles. The largest absolute Gasteiger partial charge is 0.338 e. The van der Waals surface area contributed by atoms with Crippen LogP contribution in [0.25, 0.3) is 0 Å². The van der Waals surface area contributed by atoms with Crippen molar-refractivity contribution in [2.24, 2.45) is 5.73 Å². The van der Waals surface area contributed by atoms with Crippen molar-refractivity contribution in [2.75, 3.05) is 13.1 Å². The first kappa shape index (κ1) is 12.1. The highest BCUT2D eigenvalue weighted by molar-refractivity contribution is 5.79. The molecule has 0 spiro atoms. The van der Waals surface area contributed by atoms with E-state index in [-0.39, 0.29) is 11.9 Å². The third-order valence-electron chi connectivity index (χ3n) is 3.41. The summed E-state index contributed by atoms with van der Waals surface area (Å²) < 4.78 is 0. The SMILES string of the molecule is Cc1cccc(CC(=O)N2CCC[C@@H]2CN)c1. The van der Waals surface area contributed by atoms with Crippen molar-refractivity contribution in [1.29, 1.82) is 0 Å². The Morgan fingerprint density at radius 2 is 2.35 bits per heavy atom. The van der Waals surface area contributed by atoms with Gasteiger partial charge in [-0.25, -0.2) is 0 Å². The molecule has 1 amide bonds. The van der Waals surface area contributed by atoms with Crippen LogP contribution in [0, 0.1) is 6.92 Å². The predicted molar refractivity (Wildman–Crippen MR) is 68.7 cm³/mol. The lowest BCUT2D eigenvalue weighted by Gasteiger charge is -2.23. The molecule has 1 saturated heterocycles. The fraction of sp³-hybridized carbons (Fsp3) is 0.500. The molecular weight excluding hydrogens is 212 g/mol. The molecule has 1 aromatic rings. The number of benzene rings is 1. The smallest absolute Gasteiger partial charge is 0.227 e. The Labute approximate surface area is 103 Å². The molecular formula is C14H20N2O. The van der Waals surface area contributed by atoms with Gasteiger partial charge < -0.3 is 10.6 Å². The zero-order valence-corrected chi connectivity index (χ0v) is 10.4. The van der Waals surface area contributed by atoms with Crippen molar-refractivity contribution in [3.05, 3.63) is 35.4 Å². The number of likely N-dealkylation sites (tertiary alicyclic amines) is 1. The lowest BCUT2D eigenvalue weighted by Crippen LogP contribution is -2.40. The number of hydrogen-bond donors (Lipinski definition) is 1. The quantitative estimate of drug-likeness (QED) is 0.858. The van der Waals surface area contributed by atoms with Gasteiger partial charge in [0.1, 0.15) is 0 Å². The van der Waals surface area contributed by atoms with E-state index in [1.165, 1.54) is 5.56 Å². The number of carbonyl (C=O) groups is 1. The monoisotopic (exact) mass is 232 g/mol. The molecule has 92 valence electrons. The van der Waals surface area contributed by atoms with Crippen LogP contribution in [-0.4, -0.2) is 29.9 Å². The number of nitrogens with zero attached hydrogens (tertiary/aromatic N) is 1. The van der Waals surface area contributed by atoms with Crippen LogP contribution >= 0.6 is 0 Å². The first-order chi connectivity index (χ1) is 8.20. The maximum atomic E-state index is 12.2. The minimum Gasteiger partial charge on any atom is -0.338 e. The molecule has 0 bridgehead atoms. The number of carbonyl (C=O) groups excluding carboxylic acids is 1. The highest BCUT2D eigenvalue weighted by atomic mass is 16.2. The van der Waals surface area contributed by atoms with E-state index in [0.29, 0.717) is 13.0 Å². The highest BCUT2D eigenvalue weighted by Crippen LogP contribution is 2.17. The number of amides is 1. The third kappa shape index (κ3) is 2.86. The first-order valence-corrected chi connectivity index (χ1v) is 6.26. The van der Waals surface area contributed by atoms with E-state index in [4.69, 9.17) is 5.73 Å². The number of nitrogens with two attached hydrogens (primary N) is 1.